The van der Waals surface area contributed by atoms with Crippen molar-refractivity contribution >= 4 is 18.5 Å². The van der Waals surface area contributed by atoms with E-state index in [1.807, 2.05) is 6.92 Å². The van der Waals surface area contributed by atoms with Gasteiger partial charge in [0, 0.05) is 0 Å². The first-order chi connectivity index (χ1) is 6.17. The van der Waals surface area contributed by atoms with Gasteiger partial charge in [-0.15, -0.1) is 0 Å². The number of rotatable bonds is 2. The lowest BCUT2D eigenvalue weighted by Gasteiger charge is -2.26. The molecule has 0 aliphatic heterocycles. The number of carbonyl (C=O) groups is 1. The molecule has 0 unspecified atom stereocenters. The minimum Gasteiger partial charge on any atom is -0.289 e. The molecule has 0 atom stereocenters. The van der Waals surface area contributed by atoms with Gasteiger partial charge in [0.15, 0.2) is 0 Å². The SMILES string of the molecule is C/C(=C/S)C1(C(=O)NO)CCCC1. The van der Waals surface area contributed by atoms with Crippen molar-refractivity contribution in [2.24, 2.45) is 5.41 Å². The van der Waals surface area contributed by atoms with Crippen molar-refractivity contribution in [1.29, 1.82) is 0 Å². The molecule has 1 saturated carbocycles. The molecule has 2 N–H and O–H groups in total. The molecule has 0 bridgehead atoms. The number of hydrogen-bond donors (Lipinski definition) is 3. The van der Waals surface area contributed by atoms with E-state index in [4.69, 9.17) is 5.21 Å². The molecule has 0 aromatic carbocycles. The van der Waals surface area contributed by atoms with E-state index in [2.05, 4.69) is 12.6 Å². The Hall–Kier alpha value is -0.480. The van der Waals surface area contributed by atoms with Crippen LogP contribution in [-0.4, -0.2) is 11.1 Å². The molecule has 1 amide bonds. The molecule has 0 spiro atoms. The minimum atomic E-state index is -0.503. The molecule has 13 heavy (non-hydrogen) atoms. The Labute approximate surface area is 83.6 Å². The standard InChI is InChI=1S/C9H15NO2S/c1-7(6-13)9(8(11)10-12)4-2-3-5-9/h6,12-13H,2-5H2,1H3,(H,10,11)/b7-6-. The van der Waals surface area contributed by atoms with Crippen LogP contribution in [0.3, 0.4) is 0 Å². The van der Waals surface area contributed by atoms with Crippen LogP contribution >= 0.6 is 12.6 Å². The summed E-state index contributed by atoms with van der Waals surface area (Å²) >= 11 is 4.05. The topological polar surface area (TPSA) is 49.3 Å². The van der Waals surface area contributed by atoms with Crippen molar-refractivity contribution in [2.45, 2.75) is 32.6 Å². The molecule has 1 fully saturated rings. The van der Waals surface area contributed by atoms with E-state index in [0.717, 1.165) is 31.3 Å². The van der Waals surface area contributed by atoms with Crippen LogP contribution in [0.25, 0.3) is 0 Å². The summed E-state index contributed by atoms with van der Waals surface area (Å²) in [6, 6.07) is 0. The van der Waals surface area contributed by atoms with Crippen molar-refractivity contribution < 1.29 is 10.0 Å². The van der Waals surface area contributed by atoms with Gasteiger partial charge in [-0.1, -0.05) is 18.4 Å². The molecule has 0 heterocycles. The van der Waals surface area contributed by atoms with E-state index in [1.54, 1.807) is 10.9 Å². The third-order valence-electron chi connectivity index (χ3n) is 2.94. The second-order valence-electron chi connectivity index (χ2n) is 3.54. The second kappa shape index (κ2) is 4.15. The van der Waals surface area contributed by atoms with Crippen LogP contribution in [0.2, 0.25) is 0 Å². The van der Waals surface area contributed by atoms with Crippen LogP contribution < -0.4 is 5.48 Å². The maximum Gasteiger partial charge on any atom is 0.253 e. The van der Waals surface area contributed by atoms with Gasteiger partial charge in [0.25, 0.3) is 5.91 Å². The van der Waals surface area contributed by atoms with Crippen LogP contribution in [0, 0.1) is 5.41 Å². The third-order valence-corrected chi connectivity index (χ3v) is 3.33. The number of thiol groups is 1. The summed E-state index contributed by atoms with van der Waals surface area (Å²) in [6.45, 7) is 1.88. The Bertz CT molecular complexity index is 232. The van der Waals surface area contributed by atoms with Crippen molar-refractivity contribution in [3.63, 3.8) is 0 Å². The van der Waals surface area contributed by atoms with E-state index in [9.17, 15) is 4.79 Å². The Morgan fingerprint density at radius 2 is 2.08 bits per heavy atom. The lowest BCUT2D eigenvalue weighted by atomic mass is 9.79. The summed E-state index contributed by atoms with van der Waals surface area (Å²) in [5.41, 5.74) is 2.18. The van der Waals surface area contributed by atoms with Crippen molar-refractivity contribution in [1.82, 2.24) is 5.48 Å². The molecule has 3 nitrogen and oxygen atoms in total. The highest BCUT2D eigenvalue weighted by atomic mass is 32.1. The first-order valence-electron chi connectivity index (χ1n) is 4.43. The van der Waals surface area contributed by atoms with Crippen LogP contribution in [0.1, 0.15) is 32.6 Å². The van der Waals surface area contributed by atoms with Crippen molar-refractivity contribution in [2.75, 3.05) is 0 Å². The van der Waals surface area contributed by atoms with Crippen LogP contribution in [-0.2, 0) is 4.79 Å². The first kappa shape index (κ1) is 10.6. The zero-order valence-corrected chi connectivity index (χ0v) is 8.60. The van der Waals surface area contributed by atoms with Gasteiger partial charge >= 0.3 is 0 Å². The lowest BCUT2D eigenvalue weighted by molar-refractivity contribution is -0.137. The van der Waals surface area contributed by atoms with Gasteiger partial charge in [0.05, 0.1) is 5.41 Å². The van der Waals surface area contributed by atoms with E-state index < -0.39 is 5.41 Å². The molecule has 0 aromatic rings. The molecule has 1 rings (SSSR count). The fourth-order valence-electron chi connectivity index (χ4n) is 2.01. The molecular weight excluding hydrogens is 186 g/mol. The Morgan fingerprint density at radius 1 is 1.54 bits per heavy atom. The average Bonchev–Trinajstić information content (AvgIpc) is 2.65. The normalized spacial score (nSPS) is 21.6. The maximum absolute atomic E-state index is 11.5. The second-order valence-corrected chi connectivity index (χ2v) is 3.80. The smallest absolute Gasteiger partial charge is 0.253 e. The van der Waals surface area contributed by atoms with Crippen LogP contribution in [0.5, 0.6) is 0 Å². The van der Waals surface area contributed by atoms with Gasteiger partial charge in [-0.3, -0.25) is 10.0 Å². The van der Waals surface area contributed by atoms with Crippen molar-refractivity contribution in [3.05, 3.63) is 11.0 Å². The molecule has 0 radical (unpaired) electrons. The fraction of sp³-hybridized carbons (Fsp3) is 0.667. The largest absolute Gasteiger partial charge is 0.289 e. The quantitative estimate of drug-likeness (QED) is 0.363. The highest BCUT2D eigenvalue weighted by molar-refractivity contribution is 7.83. The van der Waals surface area contributed by atoms with E-state index in [-0.39, 0.29) is 5.91 Å². The Kier molecular flexibility index (Phi) is 3.39. The molecule has 4 heteroatoms. The minimum absolute atomic E-state index is 0.298. The van der Waals surface area contributed by atoms with Gasteiger partial charge in [0.1, 0.15) is 0 Å². The van der Waals surface area contributed by atoms with Gasteiger partial charge in [0.2, 0.25) is 0 Å². The monoisotopic (exact) mass is 201 g/mol. The summed E-state index contributed by atoms with van der Waals surface area (Å²) in [5, 5.41) is 10.3. The summed E-state index contributed by atoms with van der Waals surface area (Å²) in [4.78, 5) is 11.5. The molecule has 74 valence electrons. The number of nitrogens with one attached hydrogen (secondary N) is 1. The average molecular weight is 201 g/mol. The molecule has 1 aliphatic rings. The Morgan fingerprint density at radius 3 is 2.46 bits per heavy atom. The lowest BCUT2D eigenvalue weighted by Crippen LogP contribution is -2.38. The Balaban J connectivity index is 2.94. The molecular formula is C9H15NO2S. The molecule has 0 saturated heterocycles. The third kappa shape index (κ3) is 1.74. The zero-order chi connectivity index (χ0) is 9.90. The highest BCUT2D eigenvalue weighted by Crippen LogP contribution is 2.44. The zero-order valence-electron chi connectivity index (χ0n) is 7.71. The summed E-state index contributed by atoms with van der Waals surface area (Å²) < 4.78 is 0. The molecule has 0 aromatic heterocycles. The molecule has 1 aliphatic carbocycles. The van der Waals surface area contributed by atoms with Gasteiger partial charge < -0.3 is 0 Å². The summed E-state index contributed by atoms with van der Waals surface area (Å²) in [6.07, 6.45) is 3.68. The summed E-state index contributed by atoms with van der Waals surface area (Å²) in [7, 11) is 0. The number of amides is 1. The van der Waals surface area contributed by atoms with Crippen LogP contribution in [0.15, 0.2) is 11.0 Å². The van der Waals surface area contributed by atoms with E-state index in [1.165, 1.54) is 0 Å². The van der Waals surface area contributed by atoms with Crippen LogP contribution in [0.4, 0.5) is 0 Å². The maximum atomic E-state index is 11.5. The van der Waals surface area contributed by atoms with E-state index in [0.29, 0.717) is 0 Å². The summed E-state index contributed by atoms with van der Waals surface area (Å²) in [5.74, 6) is -0.298. The predicted molar refractivity (Wildman–Crippen MR) is 53.6 cm³/mol. The first-order valence-corrected chi connectivity index (χ1v) is 4.95. The number of hydrogen-bond acceptors (Lipinski definition) is 3. The van der Waals surface area contributed by atoms with Gasteiger partial charge in [-0.2, -0.15) is 12.6 Å². The van der Waals surface area contributed by atoms with Gasteiger partial charge in [-0.05, 0) is 25.2 Å². The fourth-order valence-corrected chi connectivity index (χ4v) is 2.26. The van der Waals surface area contributed by atoms with Gasteiger partial charge in [-0.25, -0.2) is 5.48 Å². The highest BCUT2D eigenvalue weighted by Gasteiger charge is 2.42. The number of hydroxylamine groups is 1. The van der Waals surface area contributed by atoms with E-state index >= 15 is 0 Å². The number of carbonyl (C=O) groups excluding carboxylic acids is 1. The predicted octanol–water partition coefficient (Wildman–Crippen LogP) is 1.89. The van der Waals surface area contributed by atoms with Crippen molar-refractivity contribution in [3.8, 4) is 0 Å².